The molecule has 21 heavy (non-hydrogen) atoms. The topological polar surface area (TPSA) is 72.6 Å². The fraction of sp³-hybridized carbons (Fsp3) is 0.667. The summed E-state index contributed by atoms with van der Waals surface area (Å²) < 4.78 is 10.3. The lowest BCUT2D eigenvalue weighted by molar-refractivity contribution is -0.157. The Morgan fingerprint density at radius 3 is 2.76 bits per heavy atom. The van der Waals surface area contributed by atoms with E-state index < -0.39 is 5.41 Å². The largest absolute Gasteiger partial charge is 0.466 e. The molecule has 116 valence electrons. The van der Waals surface area contributed by atoms with Crippen LogP contribution in [0.4, 0.5) is 0 Å². The number of ether oxygens (including phenoxy) is 1. The molecule has 0 radical (unpaired) electrons. The van der Waals surface area contributed by atoms with Gasteiger partial charge in [-0.2, -0.15) is 0 Å². The maximum absolute atomic E-state index is 12.5. The molecular weight excluding hydrogens is 272 g/mol. The van der Waals surface area contributed by atoms with E-state index >= 15 is 0 Å². The van der Waals surface area contributed by atoms with E-state index in [1.165, 1.54) is 6.39 Å². The molecule has 1 amide bonds. The standard InChI is InChI=1S/C15H22N2O4/c1-5-20-14(19)15(10(2)3)6-7-17(8-15)13(18)12-11(4)21-9-16-12/h9-10H,5-8H2,1-4H3/t15-/m1/s1. The number of rotatable bonds is 4. The van der Waals surface area contributed by atoms with E-state index in [1.807, 2.05) is 13.8 Å². The summed E-state index contributed by atoms with van der Waals surface area (Å²) in [6.45, 7) is 8.73. The molecule has 1 atom stereocenters. The number of esters is 1. The van der Waals surface area contributed by atoms with Crippen LogP contribution in [0.2, 0.25) is 0 Å². The van der Waals surface area contributed by atoms with Gasteiger partial charge >= 0.3 is 5.97 Å². The predicted octanol–water partition coefficient (Wildman–Crippen LogP) is 2.03. The maximum Gasteiger partial charge on any atom is 0.314 e. The van der Waals surface area contributed by atoms with Gasteiger partial charge in [0.05, 0.1) is 12.0 Å². The van der Waals surface area contributed by atoms with Gasteiger partial charge in [0.2, 0.25) is 0 Å². The van der Waals surface area contributed by atoms with Crippen molar-refractivity contribution in [1.29, 1.82) is 0 Å². The van der Waals surface area contributed by atoms with E-state index in [4.69, 9.17) is 9.15 Å². The second-order valence-electron chi connectivity index (χ2n) is 5.77. The molecule has 1 aliphatic rings. The fourth-order valence-corrected chi connectivity index (χ4v) is 2.82. The molecule has 0 saturated carbocycles. The molecule has 1 fully saturated rings. The van der Waals surface area contributed by atoms with Crippen LogP contribution in [0.3, 0.4) is 0 Å². The van der Waals surface area contributed by atoms with E-state index in [0.29, 0.717) is 37.6 Å². The molecular formula is C15H22N2O4. The smallest absolute Gasteiger partial charge is 0.314 e. The van der Waals surface area contributed by atoms with Gasteiger partial charge in [0.1, 0.15) is 5.76 Å². The van der Waals surface area contributed by atoms with Gasteiger partial charge < -0.3 is 14.1 Å². The molecule has 2 heterocycles. The van der Waals surface area contributed by atoms with Gasteiger partial charge in [0, 0.05) is 13.1 Å². The molecule has 6 heteroatoms. The van der Waals surface area contributed by atoms with Gasteiger partial charge in [0.25, 0.3) is 5.91 Å². The maximum atomic E-state index is 12.5. The Morgan fingerprint density at radius 2 is 2.24 bits per heavy atom. The van der Waals surface area contributed by atoms with E-state index in [0.717, 1.165) is 0 Å². The first kappa shape index (κ1) is 15.5. The molecule has 0 unspecified atom stereocenters. The average Bonchev–Trinajstić information content (AvgIpc) is 3.05. The van der Waals surface area contributed by atoms with E-state index in [9.17, 15) is 9.59 Å². The quantitative estimate of drug-likeness (QED) is 0.794. The summed E-state index contributed by atoms with van der Waals surface area (Å²) in [5.74, 6) is 0.200. The molecule has 1 aromatic rings. The summed E-state index contributed by atoms with van der Waals surface area (Å²) in [6.07, 6.45) is 1.88. The molecule has 0 aliphatic carbocycles. The highest BCUT2D eigenvalue weighted by Crippen LogP contribution is 2.39. The lowest BCUT2D eigenvalue weighted by Crippen LogP contribution is -2.42. The third kappa shape index (κ3) is 2.66. The molecule has 2 rings (SSSR count). The minimum Gasteiger partial charge on any atom is -0.466 e. The summed E-state index contributed by atoms with van der Waals surface area (Å²) in [6, 6.07) is 0. The number of aromatic nitrogens is 1. The minimum atomic E-state index is -0.622. The first-order chi connectivity index (χ1) is 9.92. The second kappa shape index (κ2) is 5.87. The molecule has 0 spiro atoms. The normalized spacial score (nSPS) is 21.9. The zero-order chi connectivity index (χ0) is 15.6. The minimum absolute atomic E-state index is 0.104. The van der Waals surface area contributed by atoms with Gasteiger partial charge in [-0.25, -0.2) is 4.98 Å². The van der Waals surface area contributed by atoms with Crippen molar-refractivity contribution in [1.82, 2.24) is 9.88 Å². The van der Waals surface area contributed by atoms with Gasteiger partial charge in [-0.3, -0.25) is 9.59 Å². The number of nitrogens with zero attached hydrogens (tertiary/aromatic N) is 2. The highest BCUT2D eigenvalue weighted by Gasteiger charge is 2.49. The van der Waals surface area contributed by atoms with Crippen LogP contribution in [0, 0.1) is 18.3 Å². The summed E-state index contributed by atoms with van der Waals surface area (Å²) in [7, 11) is 0. The Kier molecular flexibility index (Phi) is 4.34. The summed E-state index contributed by atoms with van der Waals surface area (Å²) in [4.78, 5) is 30.4. The Labute approximate surface area is 124 Å². The van der Waals surface area contributed by atoms with Gasteiger partial charge in [0.15, 0.2) is 12.1 Å². The number of carbonyl (C=O) groups is 2. The van der Waals surface area contributed by atoms with E-state index in [2.05, 4.69) is 4.98 Å². The van der Waals surface area contributed by atoms with Crippen LogP contribution < -0.4 is 0 Å². The number of oxazole rings is 1. The number of amides is 1. The zero-order valence-corrected chi connectivity index (χ0v) is 13.0. The summed E-state index contributed by atoms with van der Waals surface area (Å²) >= 11 is 0. The van der Waals surface area contributed by atoms with Crippen LogP contribution in [0.1, 0.15) is 43.4 Å². The third-order valence-electron chi connectivity index (χ3n) is 4.32. The first-order valence-electron chi connectivity index (χ1n) is 7.29. The zero-order valence-electron chi connectivity index (χ0n) is 13.0. The van der Waals surface area contributed by atoms with Crippen molar-refractivity contribution in [3.8, 4) is 0 Å². The number of hydrogen-bond donors (Lipinski definition) is 0. The summed E-state index contributed by atoms with van der Waals surface area (Å²) in [5.41, 5.74) is -0.304. The highest BCUT2D eigenvalue weighted by molar-refractivity contribution is 5.94. The Bertz CT molecular complexity index is 538. The highest BCUT2D eigenvalue weighted by atomic mass is 16.5. The van der Waals surface area contributed by atoms with Crippen LogP contribution in [0.5, 0.6) is 0 Å². The van der Waals surface area contributed by atoms with Gasteiger partial charge in [-0.05, 0) is 26.2 Å². The third-order valence-corrected chi connectivity index (χ3v) is 4.32. The van der Waals surface area contributed by atoms with E-state index in [-0.39, 0.29) is 17.8 Å². The summed E-state index contributed by atoms with van der Waals surface area (Å²) in [5, 5.41) is 0. The molecule has 6 nitrogen and oxygen atoms in total. The van der Waals surface area contributed by atoms with Crippen LogP contribution in [0.25, 0.3) is 0 Å². The SMILES string of the molecule is CCOC(=O)[C@]1(C(C)C)CCN(C(=O)c2ncoc2C)C1. The molecule has 1 saturated heterocycles. The molecule has 1 aliphatic heterocycles. The van der Waals surface area contributed by atoms with Crippen molar-refractivity contribution < 1.29 is 18.7 Å². The Balaban J connectivity index is 2.19. The molecule has 1 aromatic heterocycles. The van der Waals surface area contributed by atoms with Gasteiger partial charge in [-0.15, -0.1) is 0 Å². The Hall–Kier alpha value is -1.85. The lowest BCUT2D eigenvalue weighted by atomic mass is 9.76. The van der Waals surface area contributed by atoms with Crippen molar-refractivity contribution in [3.05, 3.63) is 17.8 Å². The molecule has 0 aromatic carbocycles. The number of likely N-dealkylation sites (tertiary alicyclic amines) is 1. The average molecular weight is 294 g/mol. The van der Waals surface area contributed by atoms with Gasteiger partial charge in [-0.1, -0.05) is 13.8 Å². The van der Waals surface area contributed by atoms with E-state index in [1.54, 1.807) is 18.7 Å². The second-order valence-corrected chi connectivity index (χ2v) is 5.77. The van der Waals surface area contributed by atoms with Crippen molar-refractivity contribution in [2.45, 2.75) is 34.1 Å². The molecule has 0 bridgehead atoms. The molecule has 0 N–H and O–H groups in total. The lowest BCUT2D eigenvalue weighted by Gasteiger charge is -2.30. The van der Waals surface area contributed by atoms with Crippen molar-refractivity contribution in [3.63, 3.8) is 0 Å². The number of carbonyl (C=O) groups excluding carboxylic acids is 2. The van der Waals surface area contributed by atoms with Crippen molar-refractivity contribution in [2.24, 2.45) is 11.3 Å². The van der Waals surface area contributed by atoms with Crippen molar-refractivity contribution >= 4 is 11.9 Å². The van der Waals surface area contributed by atoms with Crippen LogP contribution in [-0.4, -0.2) is 41.5 Å². The first-order valence-corrected chi connectivity index (χ1v) is 7.29. The monoisotopic (exact) mass is 294 g/mol. The van der Waals surface area contributed by atoms with Crippen LogP contribution in [0.15, 0.2) is 10.8 Å². The van der Waals surface area contributed by atoms with Crippen LogP contribution >= 0.6 is 0 Å². The Morgan fingerprint density at radius 1 is 1.52 bits per heavy atom. The number of aryl methyl sites for hydroxylation is 1. The fourth-order valence-electron chi connectivity index (χ4n) is 2.82. The number of hydrogen-bond acceptors (Lipinski definition) is 5. The van der Waals surface area contributed by atoms with Crippen molar-refractivity contribution in [2.75, 3.05) is 19.7 Å². The predicted molar refractivity (Wildman–Crippen MR) is 75.7 cm³/mol. The van der Waals surface area contributed by atoms with Crippen LogP contribution in [-0.2, 0) is 9.53 Å².